The van der Waals surface area contributed by atoms with Gasteiger partial charge in [-0.15, -0.1) is 0 Å². The summed E-state index contributed by atoms with van der Waals surface area (Å²) in [6.07, 6.45) is 0.0745. The van der Waals surface area contributed by atoms with Crippen molar-refractivity contribution in [2.45, 2.75) is 17.9 Å². The van der Waals surface area contributed by atoms with E-state index in [0.29, 0.717) is 13.1 Å². The molecule has 0 aliphatic carbocycles. The first-order valence-corrected chi connectivity index (χ1v) is 11.6. The molecule has 9 heteroatoms. The number of carbonyl (C=O) groups is 1. The number of halogens is 2. The molecule has 2 aromatic rings. The normalized spacial score (nSPS) is 14.9. The molecule has 29 heavy (non-hydrogen) atoms. The molecular weight excluding hydrogens is 461 g/mol. The van der Waals surface area contributed by atoms with Crippen molar-refractivity contribution in [2.24, 2.45) is 0 Å². The zero-order chi connectivity index (χ0) is 20.9. The summed E-state index contributed by atoms with van der Waals surface area (Å²) in [4.78, 5) is 14.1. The zero-order valence-corrected chi connectivity index (χ0v) is 18.3. The number of benzene rings is 2. The number of nitrogens with one attached hydrogen (secondary N) is 1. The number of sulfonamides is 1. The van der Waals surface area contributed by atoms with Gasteiger partial charge in [0.25, 0.3) is 0 Å². The predicted octanol–water partition coefficient (Wildman–Crippen LogP) is 2.60. The maximum atomic E-state index is 13.6. The lowest BCUT2D eigenvalue weighted by Gasteiger charge is -2.29. The maximum absolute atomic E-state index is 13.6. The van der Waals surface area contributed by atoms with Crippen molar-refractivity contribution >= 4 is 31.9 Å². The molecule has 0 bridgehead atoms. The van der Waals surface area contributed by atoms with E-state index in [1.807, 2.05) is 24.3 Å². The minimum atomic E-state index is -3.96. The summed E-state index contributed by atoms with van der Waals surface area (Å²) in [6, 6.07) is 12.2. The first kappa shape index (κ1) is 21.9. The Morgan fingerprint density at radius 2 is 1.83 bits per heavy atom. The van der Waals surface area contributed by atoms with Gasteiger partial charge in [-0.05, 0) is 35.9 Å². The van der Waals surface area contributed by atoms with Crippen LogP contribution in [-0.4, -0.2) is 56.3 Å². The van der Waals surface area contributed by atoms with Crippen molar-refractivity contribution in [1.82, 2.24) is 14.5 Å². The predicted molar refractivity (Wildman–Crippen MR) is 112 cm³/mol. The molecule has 1 N–H and O–H groups in total. The Morgan fingerprint density at radius 3 is 2.48 bits per heavy atom. The van der Waals surface area contributed by atoms with Crippen molar-refractivity contribution in [3.8, 4) is 0 Å². The molecular formula is C20H23BrFN3O3S. The molecule has 0 saturated carbocycles. The van der Waals surface area contributed by atoms with Crippen LogP contribution in [-0.2, 0) is 21.4 Å². The van der Waals surface area contributed by atoms with E-state index in [0.717, 1.165) is 29.2 Å². The molecule has 0 spiro atoms. The van der Waals surface area contributed by atoms with Gasteiger partial charge in [-0.3, -0.25) is 4.79 Å². The monoisotopic (exact) mass is 483 g/mol. The summed E-state index contributed by atoms with van der Waals surface area (Å²) in [5.41, 5.74) is 0.780. The molecule has 1 fully saturated rings. The van der Waals surface area contributed by atoms with Crippen molar-refractivity contribution in [3.05, 3.63) is 64.4 Å². The van der Waals surface area contributed by atoms with Gasteiger partial charge in [-0.1, -0.05) is 34.1 Å². The van der Waals surface area contributed by atoms with Crippen molar-refractivity contribution in [1.29, 1.82) is 0 Å². The van der Waals surface area contributed by atoms with Crippen LogP contribution in [0.1, 0.15) is 12.0 Å². The van der Waals surface area contributed by atoms with Crippen LogP contribution in [0.2, 0.25) is 0 Å². The van der Waals surface area contributed by atoms with Gasteiger partial charge < -0.3 is 10.2 Å². The van der Waals surface area contributed by atoms with Gasteiger partial charge in [-0.2, -0.15) is 4.31 Å². The average Bonchev–Trinajstić information content (AvgIpc) is 2.72. The van der Waals surface area contributed by atoms with Crippen LogP contribution >= 0.6 is 15.9 Å². The van der Waals surface area contributed by atoms with Crippen molar-refractivity contribution < 1.29 is 17.6 Å². The van der Waals surface area contributed by atoms with E-state index in [1.54, 1.807) is 4.90 Å². The van der Waals surface area contributed by atoms with E-state index >= 15 is 0 Å². The van der Waals surface area contributed by atoms with E-state index in [4.69, 9.17) is 0 Å². The molecule has 1 heterocycles. The fourth-order valence-electron chi connectivity index (χ4n) is 3.15. The molecule has 1 aliphatic rings. The smallest absolute Gasteiger partial charge is 0.243 e. The van der Waals surface area contributed by atoms with E-state index in [2.05, 4.69) is 21.2 Å². The molecule has 3 rings (SSSR count). The fraction of sp³-hybridized carbons (Fsp3) is 0.350. The van der Waals surface area contributed by atoms with Crippen molar-refractivity contribution in [2.75, 3.05) is 32.7 Å². The van der Waals surface area contributed by atoms with E-state index in [-0.39, 0.29) is 30.3 Å². The van der Waals surface area contributed by atoms with E-state index in [9.17, 15) is 17.6 Å². The Hall–Kier alpha value is -1.81. The number of nitrogens with zero attached hydrogens (tertiary/aromatic N) is 2. The first-order valence-electron chi connectivity index (χ1n) is 9.35. The summed E-state index contributed by atoms with van der Waals surface area (Å²) < 4.78 is 42.1. The third kappa shape index (κ3) is 5.85. The van der Waals surface area contributed by atoms with Gasteiger partial charge in [-0.25, -0.2) is 12.8 Å². The number of rotatable bonds is 7. The molecule has 0 atom stereocenters. The van der Waals surface area contributed by atoms with Crippen LogP contribution in [0.25, 0.3) is 0 Å². The van der Waals surface area contributed by atoms with Gasteiger partial charge >= 0.3 is 0 Å². The second-order valence-electron chi connectivity index (χ2n) is 6.80. The minimum Gasteiger partial charge on any atom is -0.340 e. The third-order valence-electron chi connectivity index (χ3n) is 4.75. The fourth-order valence-corrected chi connectivity index (χ4v) is 4.87. The van der Waals surface area contributed by atoms with Crippen molar-refractivity contribution in [3.63, 3.8) is 0 Å². The Morgan fingerprint density at radius 1 is 1.14 bits per heavy atom. The lowest BCUT2D eigenvalue weighted by Crippen LogP contribution is -2.47. The second kappa shape index (κ2) is 9.80. The molecule has 1 amide bonds. The van der Waals surface area contributed by atoms with E-state index in [1.165, 1.54) is 22.5 Å². The number of amides is 1. The molecule has 6 nitrogen and oxygen atoms in total. The van der Waals surface area contributed by atoms with Gasteiger partial charge in [0.2, 0.25) is 15.9 Å². The molecule has 1 aliphatic heterocycles. The highest BCUT2D eigenvalue weighted by Crippen LogP contribution is 2.21. The van der Waals surface area contributed by atoms with Gasteiger partial charge in [0, 0.05) is 50.2 Å². The summed E-state index contributed by atoms with van der Waals surface area (Å²) in [7, 11) is -3.96. The lowest BCUT2D eigenvalue weighted by atomic mass is 10.2. The molecule has 0 aromatic heterocycles. The highest BCUT2D eigenvalue weighted by Gasteiger charge is 2.27. The van der Waals surface area contributed by atoms with Crippen LogP contribution in [0.5, 0.6) is 0 Å². The zero-order valence-electron chi connectivity index (χ0n) is 15.9. The van der Waals surface area contributed by atoms with Crippen LogP contribution in [0.4, 0.5) is 4.39 Å². The topological polar surface area (TPSA) is 69.7 Å². The molecule has 0 unspecified atom stereocenters. The highest BCUT2D eigenvalue weighted by molar-refractivity contribution is 9.10. The van der Waals surface area contributed by atoms with Gasteiger partial charge in [0.1, 0.15) is 5.82 Å². The summed E-state index contributed by atoms with van der Waals surface area (Å²) in [5, 5.41) is 3.18. The van der Waals surface area contributed by atoms with Gasteiger partial charge in [0.05, 0.1) is 4.90 Å². The second-order valence-corrected chi connectivity index (χ2v) is 9.66. The molecule has 2 aromatic carbocycles. The number of hydrogen-bond donors (Lipinski definition) is 1. The number of piperazine rings is 1. The molecule has 156 valence electrons. The Labute approximate surface area is 178 Å². The molecule has 0 radical (unpaired) electrons. The van der Waals surface area contributed by atoms with Crippen LogP contribution in [0.3, 0.4) is 0 Å². The van der Waals surface area contributed by atoms with E-state index < -0.39 is 15.8 Å². The number of carbonyl (C=O) groups excluding carboxylic acids is 1. The van der Waals surface area contributed by atoms with Gasteiger partial charge in [0.15, 0.2) is 0 Å². The first-order chi connectivity index (χ1) is 13.9. The highest BCUT2D eigenvalue weighted by atomic mass is 79.9. The summed E-state index contributed by atoms with van der Waals surface area (Å²) >= 11 is 3.36. The summed E-state index contributed by atoms with van der Waals surface area (Å²) in [6.45, 7) is 2.81. The standard InChI is InChI=1S/C20H23BrFN3O3S/c21-17-6-4-16(5-7-17)15-25(11-8-20(26)24-12-9-23-10-13-24)29(27,28)19-3-1-2-18(22)14-19/h1-7,14,23H,8-13,15H2. The average molecular weight is 484 g/mol. The number of hydrogen-bond acceptors (Lipinski definition) is 4. The quantitative estimate of drug-likeness (QED) is 0.656. The minimum absolute atomic E-state index is 0.0255. The SMILES string of the molecule is O=C(CCN(Cc1ccc(Br)cc1)S(=O)(=O)c1cccc(F)c1)N1CCNCC1. The molecule has 1 saturated heterocycles. The Kier molecular flexibility index (Phi) is 7.39. The van der Waals surface area contributed by atoms with Crippen LogP contribution < -0.4 is 5.32 Å². The third-order valence-corrected chi connectivity index (χ3v) is 7.12. The van der Waals surface area contributed by atoms with Crippen LogP contribution in [0.15, 0.2) is 57.9 Å². The maximum Gasteiger partial charge on any atom is 0.243 e. The van der Waals surface area contributed by atoms with Crippen LogP contribution in [0, 0.1) is 5.82 Å². The largest absolute Gasteiger partial charge is 0.340 e. The summed E-state index contributed by atoms with van der Waals surface area (Å²) in [5.74, 6) is -0.701. The Bertz CT molecular complexity index is 948. The lowest BCUT2D eigenvalue weighted by molar-refractivity contribution is -0.131. The Balaban J connectivity index is 1.80.